The summed E-state index contributed by atoms with van der Waals surface area (Å²) in [6.07, 6.45) is 0. The van der Waals surface area contributed by atoms with Gasteiger partial charge in [0, 0.05) is 22.4 Å². The van der Waals surface area contributed by atoms with Crippen LogP contribution in [-0.4, -0.2) is 4.57 Å². The van der Waals surface area contributed by atoms with E-state index in [-0.39, 0.29) is 0 Å². The Morgan fingerprint density at radius 3 is 2.63 bits per heavy atom. The van der Waals surface area contributed by atoms with Gasteiger partial charge in [-0.05, 0) is 30.3 Å². The van der Waals surface area contributed by atoms with Crippen LogP contribution in [0.5, 0.6) is 5.75 Å². The molecule has 2 aromatic carbocycles. The molecule has 0 aliphatic carbocycles. The molecular formula is C16H14BrNO. The molecule has 3 heteroatoms. The van der Waals surface area contributed by atoms with Gasteiger partial charge in [0.25, 0.3) is 0 Å². The number of aryl methyl sites for hydroxylation is 1. The molecule has 0 aliphatic rings. The van der Waals surface area contributed by atoms with Crippen molar-refractivity contribution in [3.63, 3.8) is 0 Å². The molecule has 0 N–H and O–H groups in total. The summed E-state index contributed by atoms with van der Waals surface area (Å²) in [6.45, 7) is 0.576. The Morgan fingerprint density at radius 1 is 1.05 bits per heavy atom. The highest BCUT2D eigenvalue weighted by atomic mass is 79.9. The van der Waals surface area contributed by atoms with Crippen molar-refractivity contribution >= 4 is 26.8 Å². The van der Waals surface area contributed by atoms with Crippen LogP contribution in [0.1, 0.15) is 5.69 Å². The lowest BCUT2D eigenvalue weighted by atomic mass is 10.2. The van der Waals surface area contributed by atoms with Gasteiger partial charge in [0.05, 0.1) is 5.69 Å². The molecule has 19 heavy (non-hydrogen) atoms. The van der Waals surface area contributed by atoms with Crippen LogP contribution in [0.25, 0.3) is 10.9 Å². The summed E-state index contributed by atoms with van der Waals surface area (Å²) >= 11 is 3.51. The summed E-state index contributed by atoms with van der Waals surface area (Å²) in [5, 5.41) is 1.23. The highest BCUT2D eigenvalue weighted by Gasteiger charge is 2.06. The highest BCUT2D eigenvalue weighted by Crippen LogP contribution is 2.23. The lowest BCUT2D eigenvalue weighted by Crippen LogP contribution is -2.01. The first-order chi connectivity index (χ1) is 9.24. The third-order valence-corrected chi connectivity index (χ3v) is 3.73. The SMILES string of the molecule is Cn1c(COc2ccccc2)cc2ccc(Br)cc21. The lowest BCUT2D eigenvalue weighted by molar-refractivity contribution is 0.298. The van der Waals surface area contributed by atoms with Gasteiger partial charge in [0.2, 0.25) is 0 Å². The minimum atomic E-state index is 0.576. The quantitative estimate of drug-likeness (QED) is 0.693. The minimum Gasteiger partial charge on any atom is -0.487 e. The number of hydrogen-bond donors (Lipinski definition) is 0. The smallest absolute Gasteiger partial charge is 0.128 e. The zero-order chi connectivity index (χ0) is 13.2. The molecule has 1 heterocycles. The van der Waals surface area contributed by atoms with Gasteiger partial charge in [-0.15, -0.1) is 0 Å². The van der Waals surface area contributed by atoms with Gasteiger partial charge in [-0.1, -0.05) is 40.2 Å². The predicted octanol–water partition coefficient (Wildman–Crippen LogP) is 4.52. The number of halogens is 1. The number of nitrogens with zero attached hydrogens (tertiary/aromatic N) is 1. The van der Waals surface area contributed by atoms with Gasteiger partial charge in [0.1, 0.15) is 12.4 Å². The van der Waals surface area contributed by atoms with E-state index in [4.69, 9.17) is 4.74 Å². The van der Waals surface area contributed by atoms with E-state index in [9.17, 15) is 0 Å². The Labute approximate surface area is 120 Å². The lowest BCUT2D eigenvalue weighted by Gasteiger charge is -2.07. The molecule has 0 aliphatic heterocycles. The van der Waals surface area contributed by atoms with E-state index in [0.717, 1.165) is 15.9 Å². The van der Waals surface area contributed by atoms with Crippen LogP contribution in [0, 0.1) is 0 Å². The number of para-hydroxylation sites is 1. The summed E-state index contributed by atoms with van der Waals surface area (Å²) in [7, 11) is 2.07. The molecule has 3 rings (SSSR count). The van der Waals surface area contributed by atoms with E-state index in [2.05, 4.69) is 51.8 Å². The maximum absolute atomic E-state index is 5.80. The Kier molecular flexibility index (Phi) is 3.30. The molecule has 3 aromatic rings. The predicted molar refractivity (Wildman–Crippen MR) is 81.4 cm³/mol. The fourth-order valence-corrected chi connectivity index (χ4v) is 2.52. The molecule has 0 radical (unpaired) electrons. The summed E-state index contributed by atoms with van der Waals surface area (Å²) < 4.78 is 9.06. The van der Waals surface area contributed by atoms with Crippen molar-refractivity contribution < 1.29 is 4.74 Å². The number of fused-ring (bicyclic) bond motifs is 1. The van der Waals surface area contributed by atoms with Crippen LogP contribution in [0.15, 0.2) is 59.1 Å². The first-order valence-electron chi connectivity index (χ1n) is 6.16. The van der Waals surface area contributed by atoms with E-state index in [1.807, 2.05) is 30.3 Å². The standard InChI is InChI=1S/C16H14BrNO/c1-18-14(11-19-15-5-3-2-4-6-15)9-12-7-8-13(17)10-16(12)18/h2-10H,11H2,1H3. The van der Waals surface area contributed by atoms with Gasteiger partial charge in [-0.3, -0.25) is 0 Å². The van der Waals surface area contributed by atoms with E-state index < -0.39 is 0 Å². The summed E-state index contributed by atoms with van der Waals surface area (Å²) in [6, 6.07) is 18.4. The minimum absolute atomic E-state index is 0.576. The van der Waals surface area contributed by atoms with Gasteiger partial charge in [0.15, 0.2) is 0 Å². The normalized spacial score (nSPS) is 10.8. The van der Waals surface area contributed by atoms with E-state index >= 15 is 0 Å². The number of aromatic nitrogens is 1. The van der Waals surface area contributed by atoms with Crippen molar-refractivity contribution in [3.05, 3.63) is 64.8 Å². The van der Waals surface area contributed by atoms with Crippen LogP contribution in [0.4, 0.5) is 0 Å². The van der Waals surface area contributed by atoms with Gasteiger partial charge < -0.3 is 9.30 Å². The Hall–Kier alpha value is -1.74. The molecule has 0 saturated carbocycles. The van der Waals surface area contributed by atoms with Crippen molar-refractivity contribution in [2.45, 2.75) is 6.61 Å². The molecule has 2 nitrogen and oxygen atoms in total. The molecule has 0 bridgehead atoms. The van der Waals surface area contributed by atoms with Crippen LogP contribution < -0.4 is 4.74 Å². The van der Waals surface area contributed by atoms with Crippen LogP contribution in [0.2, 0.25) is 0 Å². The molecule has 0 saturated heterocycles. The van der Waals surface area contributed by atoms with Crippen molar-refractivity contribution in [2.24, 2.45) is 7.05 Å². The van der Waals surface area contributed by atoms with E-state index in [1.165, 1.54) is 10.9 Å². The monoisotopic (exact) mass is 315 g/mol. The molecule has 0 fully saturated rings. The largest absolute Gasteiger partial charge is 0.487 e. The van der Waals surface area contributed by atoms with Gasteiger partial charge in [-0.25, -0.2) is 0 Å². The second kappa shape index (κ2) is 5.10. The van der Waals surface area contributed by atoms with Crippen molar-refractivity contribution in [3.8, 4) is 5.75 Å². The van der Waals surface area contributed by atoms with Crippen molar-refractivity contribution in [2.75, 3.05) is 0 Å². The molecular weight excluding hydrogens is 302 g/mol. The fraction of sp³-hybridized carbons (Fsp3) is 0.125. The molecule has 1 aromatic heterocycles. The van der Waals surface area contributed by atoms with Crippen LogP contribution >= 0.6 is 15.9 Å². The van der Waals surface area contributed by atoms with Crippen molar-refractivity contribution in [1.29, 1.82) is 0 Å². The second-order valence-corrected chi connectivity index (χ2v) is 5.42. The zero-order valence-corrected chi connectivity index (χ0v) is 12.2. The number of hydrogen-bond acceptors (Lipinski definition) is 1. The molecule has 0 spiro atoms. The number of rotatable bonds is 3. The molecule has 0 unspecified atom stereocenters. The zero-order valence-electron chi connectivity index (χ0n) is 10.6. The summed E-state index contributed by atoms with van der Waals surface area (Å²) in [4.78, 5) is 0. The maximum atomic E-state index is 5.80. The highest BCUT2D eigenvalue weighted by molar-refractivity contribution is 9.10. The van der Waals surface area contributed by atoms with E-state index in [1.54, 1.807) is 0 Å². The Bertz CT molecular complexity index is 703. The van der Waals surface area contributed by atoms with E-state index in [0.29, 0.717) is 6.61 Å². The average Bonchev–Trinajstić information content (AvgIpc) is 2.74. The Morgan fingerprint density at radius 2 is 1.84 bits per heavy atom. The second-order valence-electron chi connectivity index (χ2n) is 4.50. The number of ether oxygens (including phenoxy) is 1. The topological polar surface area (TPSA) is 14.2 Å². The molecule has 0 atom stereocenters. The molecule has 0 amide bonds. The first-order valence-corrected chi connectivity index (χ1v) is 6.95. The van der Waals surface area contributed by atoms with Gasteiger partial charge >= 0.3 is 0 Å². The van der Waals surface area contributed by atoms with Crippen LogP contribution in [-0.2, 0) is 13.7 Å². The number of benzene rings is 2. The summed E-state index contributed by atoms with van der Waals surface area (Å²) in [5.41, 5.74) is 2.37. The third-order valence-electron chi connectivity index (χ3n) is 3.24. The average molecular weight is 316 g/mol. The maximum Gasteiger partial charge on any atom is 0.128 e. The van der Waals surface area contributed by atoms with Crippen LogP contribution in [0.3, 0.4) is 0 Å². The van der Waals surface area contributed by atoms with Crippen molar-refractivity contribution in [1.82, 2.24) is 4.57 Å². The first kappa shape index (κ1) is 12.3. The molecule has 96 valence electrons. The Balaban J connectivity index is 1.87. The summed E-state index contributed by atoms with van der Waals surface area (Å²) in [5.74, 6) is 0.897. The van der Waals surface area contributed by atoms with Gasteiger partial charge in [-0.2, -0.15) is 0 Å². The third kappa shape index (κ3) is 2.51. The fourth-order valence-electron chi connectivity index (χ4n) is 2.17.